The monoisotopic (exact) mass is 487 g/mol. The van der Waals surface area contributed by atoms with E-state index >= 15 is 8.78 Å². The predicted octanol–water partition coefficient (Wildman–Crippen LogP) is 5.60. The van der Waals surface area contributed by atoms with E-state index in [-0.39, 0.29) is 22.9 Å². The largest absolute Gasteiger partial charge is 0.328 e. The van der Waals surface area contributed by atoms with Crippen LogP contribution in [0.25, 0.3) is 16.8 Å². The van der Waals surface area contributed by atoms with Crippen LogP contribution in [0.15, 0.2) is 48.9 Å². The standard InChI is InChI=1S/C27H27F2N7/c1-27(2,15-30)17-11-21(28)25(22(29)12-17)23-7-6-19-13-33-26(36(19)35-23)34-24-14-32-9-8-20(24)16-4-3-5-18(31)10-16/h6-9,11-14,16,18H,3-5,10,31H2,1-2H3,(H,33,34)/t16-,18+/m1/s1. The molecule has 3 aromatic heterocycles. The van der Waals surface area contributed by atoms with Crippen molar-refractivity contribution in [1.29, 1.82) is 5.26 Å². The molecule has 0 unspecified atom stereocenters. The number of nitriles is 1. The molecule has 0 saturated heterocycles. The quantitative estimate of drug-likeness (QED) is 0.380. The van der Waals surface area contributed by atoms with Crippen molar-refractivity contribution in [2.24, 2.45) is 5.73 Å². The number of hydrogen-bond acceptors (Lipinski definition) is 6. The van der Waals surface area contributed by atoms with Gasteiger partial charge in [-0.15, -0.1) is 0 Å². The number of imidazole rings is 1. The summed E-state index contributed by atoms with van der Waals surface area (Å²) in [6.07, 6.45) is 9.21. The van der Waals surface area contributed by atoms with E-state index in [1.54, 1.807) is 44.6 Å². The van der Waals surface area contributed by atoms with Crippen molar-refractivity contribution in [2.75, 3.05) is 5.32 Å². The zero-order valence-corrected chi connectivity index (χ0v) is 20.2. The Morgan fingerprint density at radius 3 is 2.64 bits per heavy atom. The summed E-state index contributed by atoms with van der Waals surface area (Å²) >= 11 is 0. The molecule has 1 aliphatic rings. The third kappa shape index (κ3) is 4.40. The molecule has 0 aliphatic heterocycles. The van der Waals surface area contributed by atoms with Gasteiger partial charge in [-0.05, 0) is 80.5 Å². The maximum Gasteiger partial charge on any atom is 0.229 e. The lowest BCUT2D eigenvalue weighted by Gasteiger charge is -2.28. The van der Waals surface area contributed by atoms with Gasteiger partial charge in [0.05, 0.1) is 46.3 Å². The van der Waals surface area contributed by atoms with Crippen molar-refractivity contribution in [3.05, 3.63) is 71.7 Å². The minimum absolute atomic E-state index is 0.115. The van der Waals surface area contributed by atoms with Gasteiger partial charge in [-0.3, -0.25) is 4.98 Å². The van der Waals surface area contributed by atoms with E-state index in [9.17, 15) is 5.26 Å². The maximum atomic E-state index is 15.1. The third-order valence-electron chi connectivity index (χ3n) is 6.94. The summed E-state index contributed by atoms with van der Waals surface area (Å²) in [5, 5.41) is 17.2. The number of rotatable bonds is 5. The molecule has 7 nitrogen and oxygen atoms in total. The van der Waals surface area contributed by atoms with Crippen LogP contribution in [0.1, 0.15) is 56.6 Å². The number of nitrogens with two attached hydrogens (primary N) is 1. The van der Waals surface area contributed by atoms with Gasteiger partial charge in [0.25, 0.3) is 0 Å². The first kappa shape index (κ1) is 23.8. The summed E-state index contributed by atoms with van der Waals surface area (Å²) < 4.78 is 31.7. The normalized spacial score (nSPS) is 18.2. The molecule has 0 spiro atoms. The van der Waals surface area contributed by atoms with E-state index in [1.807, 2.05) is 6.07 Å². The van der Waals surface area contributed by atoms with Crippen LogP contribution in [0.2, 0.25) is 0 Å². The Morgan fingerprint density at radius 2 is 1.92 bits per heavy atom. The Bertz CT molecular complexity index is 1450. The minimum atomic E-state index is -1.03. The number of nitrogens with zero attached hydrogens (tertiary/aromatic N) is 5. The van der Waals surface area contributed by atoms with Crippen molar-refractivity contribution in [1.82, 2.24) is 19.6 Å². The molecule has 1 saturated carbocycles. The highest BCUT2D eigenvalue weighted by molar-refractivity contribution is 5.66. The maximum absolute atomic E-state index is 15.1. The van der Waals surface area contributed by atoms with Crippen LogP contribution in [0.3, 0.4) is 0 Å². The summed E-state index contributed by atoms with van der Waals surface area (Å²) in [5.74, 6) is -0.839. The second-order valence-corrected chi connectivity index (χ2v) is 9.90. The first-order valence-corrected chi connectivity index (χ1v) is 12.0. The molecular weight excluding hydrogens is 460 g/mol. The number of pyridine rings is 1. The van der Waals surface area contributed by atoms with Gasteiger partial charge in [0.1, 0.15) is 11.6 Å². The molecule has 9 heteroatoms. The van der Waals surface area contributed by atoms with Crippen LogP contribution in [-0.2, 0) is 5.41 Å². The number of nitrogens with one attached hydrogen (secondary N) is 1. The number of benzene rings is 1. The van der Waals surface area contributed by atoms with E-state index in [2.05, 4.69) is 26.5 Å². The fraction of sp³-hybridized carbons (Fsp3) is 0.333. The average molecular weight is 488 g/mol. The molecule has 0 amide bonds. The van der Waals surface area contributed by atoms with Crippen LogP contribution >= 0.6 is 0 Å². The lowest BCUT2D eigenvalue weighted by molar-refractivity contribution is 0.394. The highest BCUT2D eigenvalue weighted by Crippen LogP contribution is 2.37. The average Bonchev–Trinajstić information content (AvgIpc) is 3.26. The van der Waals surface area contributed by atoms with Crippen LogP contribution < -0.4 is 11.1 Å². The minimum Gasteiger partial charge on any atom is -0.328 e. The SMILES string of the molecule is CC(C)(C#N)c1cc(F)c(-c2ccc3cnc(Nc4cnccc4[C@@H]4CCC[C@H](N)C4)n3n2)c(F)c1. The molecule has 1 fully saturated rings. The number of hydrogen-bond donors (Lipinski definition) is 2. The van der Waals surface area contributed by atoms with Gasteiger partial charge in [-0.25, -0.2) is 13.8 Å². The first-order valence-electron chi connectivity index (χ1n) is 12.0. The number of fused-ring (bicyclic) bond motifs is 1. The van der Waals surface area contributed by atoms with E-state index in [0.717, 1.165) is 36.9 Å². The molecule has 36 heavy (non-hydrogen) atoms. The third-order valence-corrected chi connectivity index (χ3v) is 6.94. The zero-order chi connectivity index (χ0) is 25.4. The van der Waals surface area contributed by atoms with Crippen molar-refractivity contribution in [3.63, 3.8) is 0 Å². The molecule has 4 aromatic rings. The fourth-order valence-corrected chi connectivity index (χ4v) is 4.84. The summed E-state index contributed by atoms with van der Waals surface area (Å²) in [4.78, 5) is 8.71. The van der Waals surface area contributed by atoms with Crippen LogP contribution in [-0.4, -0.2) is 25.6 Å². The van der Waals surface area contributed by atoms with Gasteiger partial charge in [0.15, 0.2) is 0 Å². The van der Waals surface area contributed by atoms with Gasteiger partial charge in [0, 0.05) is 12.2 Å². The molecule has 0 bridgehead atoms. The Labute approximate surface area is 208 Å². The number of anilines is 2. The summed E-state index contributed by atoms with van der Waals surface area (Å²) in [7, 11) is 0. The van der Waals surface area contributed by atoms with E-state index in [4.69, 9.17) is 5.73 Å². The molecule has 3 heterocycles. The Morgan fingerprint density at radius 1 is 1.14 bits per heavy atom. The van der Waals surface area contributed by atoms with Crippen molar-refractivity contribution < 1.29 is 8.78 Å². The molecule has 3 N–H and O–H groups in total. The molecular formula is C27H27F2N7. The second kappa shape index (κ2) is 9.28. The molecule has 1 aliphatic carbocycles. The molecule has 2 atom stereocenters. The molecule has 1 aromatic carbocycles. The van der Waals surface area contributed by atoms with Gasteiger partial charge >= 0.3 is 0 Å². The van der Waals surface area contributed by atoms with Crippen LogP contribution in [0.4, 0.5) is 20.4 Å². The smallest absolute Gasteiger partial charge is 0.229 e. The number of aromatic nitrogens is 4. The summed E-state index contributed by atoms with van der Waals surface area (Å²) in [6, 6.07) is 9.88. The second-order valence-electron chi connectivity index (χ2n) is 9.90. The topological polar surface area (TPSA) is 105 Å². The van der Waals surface area contributed by atoms with Gasteiger partial charge < -0.3 is 11.1 Å². The van der Waals surface area contributed by atoms with Crippen molar-refractivity contribution >= 4 is 17.2 Å². The van der Waals surface area contributed by atoms with Crippen LogP contribution in [0, 0.1) is 23.0 Å². The highest BCUT2D eigenvalue weighted by atomic mass is 19.1. The van der Waals surface area contributed by atoms with Crippen molar-refractivity contribution in [3.8, 4) is 17.3 Å². The zero-order valence-electron chi connectivity index (χ0n) is 20.2. The van der Waals surface area contributed by atoms with Gasteiger partial charge in [0.2, 0.25) is 5.95 Å². The lowest BCUT2D eigenvalue weighted by Crippen LogP contribution is -2.27. The summed E-state index contributed by atoms with van der Waals surface area (Å²) in [6.45, 7) is 3.23. The van der Waals surface area contributed by atoms with Crippen molar-refractivity contribution in [2.45, 2.75) is 56.9 Å². The van der Waals surface area contributed by atoms with E-state index in [0.29, 0.717) is 17.4 Å². The Balaban J connectivity index is 1.52. The fourth-order valence-electron chi connectivity index (χ4n) is 4.84. The molecule has 5 rings (SSSR count). The molecule has 0 radical (unpaired) electrons. The van der Waals surface area contributed by atoms with E-state index in [1.165, 1.54) is 16.6 Å². The predicted molar refractivity (Wildman–Crippen MR) is 134 cm³/mol. The van der Waals surface area contributed by atoms with E-state index < -0.39 is 17.0 Å². The number of halogens is 2. The first-order chi connectivity index (χ1) is 17.3. The Hall–Kier alpha value is -3.90. The highest BCUT2D eigenvalue weighted by Gasteiger charge is 2.26. The molecule has 184 valence electrons. The Kier molecular flexibility index (Phi) is 6.14. The van der Waals surface area contributed by atoms with Gasteiger partial charge in [-0.1, -0.05) is 6.42 Å². The summed E-state index contributed by atoms with van der Waals surface area (Å²) in [5.41, 5.74) is 7.89. The van der Waals surface area contributed by atoms with Crippen LogP contribution in [0.5, 0.6) is 0 Å². The lowest BCUT2D eigenvalue weighted by atomic mass is 9.81. The van der Waals surface area contributed by atoms with Gasteiger partial charge in [-0.2, -0.15) is 14.9 Å².